The van der Waals surface area contributed by atoms with E-state index in [4.69, 9.17) is 9.47 Å². The van der Waals surface area contributed by atoms with Crippen molar-refractivity contribution in [2.24, 2.45) is 0 Å². The monoisotopic (exact) mass is 531 g/mol. The second-order valence-electron chi connectivity index (χ2n) is 10.5. The van der Waals surface area contributed by atoms with Crippen LogP contribution in [-0.4, -0.2) is 54.3 Å². The molecule has 1 N–H and O–H groups in total. The zero-order valence-corrected chi connectivity index (χ0v) is 22.6. The number of alkyl halides is 1. The summed E-state index contributed by atoms with van der Waals surface area (Å²) in [6.07, 6.45) is 3.78. The Balaban J connectivity index is 1.34. The summed E-state index contributed by atoms with van der Waals surface area (Å²) >= 11 is 1.80. The van der Waals surface area contributed by atoms with E-state index in [-0.39, 0.29) is 18.9 Å². The number of halogens is 1. The molecule has 3 heterocycles. The maximum absolute atomic E-state index is 12.5. The number of phenolic OH excluding ortho intramolecular Hbond substituents is 1. The summed E-state index contributed by atoms with van der Waals surface area (Å²) in [5.74, 6) is 3.10. The molecule has 3 aliphatic rings. The lowest BCUT2D eigenvalue weighted by Crippen LogP contribution is -2.26. The van der Waals surface area contributed by atoms with Crippen LogP contribution in [0.15, 0.2) is 65.6 Å². The molecule has 0 aromatic heterocycles. The second kappa shape index (κ2) is 11.0. The smallest absolute Gasteiger partial charge is 0.123 e. The van der Waals surface area contributed by atoms with Gasteiger partial charge >= 0.3 is 0 Å². The Morgan fingerprint density at radius 1 is 1.08 bits per heavy atom. The molecule has 3 aromatic rings. The van der Waals surface area contributed by atoms with Crippen molar-refractivity contribution in [1.82, 2.24) is 4.90 Å². The zero-order valence-electron chi connectivity index (χ0n) is 21.8. The maximum atomic E-state index is 12.5. The molecule has 0 saturated carbocycles. The molecule has 1 saturated heterocycles. The number of rotatable bonds is 7. The molecule has 3 aromatic carbocycles. The predicted octanol–water partition coefficient (Wildman–Crippen LogP) is 6.98. The number of benzene rings is 3. The average Bonchev–Trinajstić information content (AvgIpc) is 3.47. The zero-order chi connectivity index (χ0) is 26.1. The van der Waals surface area contributed by atoms with Gasteiger partial charge in [-0.1, -0.05) is 18.2 Å². The van der Waals surface area contributed by atoms with Gasteiger partial charge in [0, 0.05) is 36.7 Å². The summed E-state index contributed by atoms with van der Waals surface area (Å²) in [7, 11) is 0. The van der Waals surface area contributed by atoms with E-state index in [0.717, 1.165) is 72.2 Å². The van der Waals surface area contributed by atoms with Crippen molar-refractivity contribution < 1.29 is 19.0 Å². The normalized spacial score (nSPS) is 21.1. The molecular formula is C32H34FNO3S. The number of phenols is 1. The first-order valence-corrected chi connectivity index (χ1v) is 14.6. The molecule has 0 amide bonds. The minimum Gasteiger partial charge on any atom is -0.508 e. The molecule has 0 aliphatic carbocycles. The fraction of sp³-hybridized carbons (Fsp3) is 0.375. The molecule has 0 spiro atoms. The standard InChI is InChI=1S/C32H34FNO3S/c1-21-17-24-18-23(5-10-30(24)36-21)28-12-16-38-31-19-25(35)6-9-29(31)32(28)22-3-7-26(8-4-22)37-27-11-15-34(20-27)14-2-13-33/h3-10,18-19,21,27,35H,2,11-17,20H2,1H3/t21-,27+/m1/s1. The van der Waals surface area contributed by atoms with Gasteiger partial charge in [0.25, 0.3) is 0 Å². The van der Waals surface area contributed by atoms with Gasteiger partial charge in [-0.05, 0) is 102 Å². The number of thioether (sulfide) groups is 1. The van der Waals surface area contributed by atoms with E-state index < -0.39 is 0 Å². The number of hydrogen-bond acceptors (Lipinski definition) is 5. The van der Waals surface area contributed by atoms with Gasteiger partial charge in [0.05, 0.1) is 6.67 Å². The van der Waals surface area contributed by atoms with Crippen molar-refractivity contribution >= 4 is 22.9 Å². The third-order valence-corrected chi connectivity index (χ3v) is 8.73. The van der Waals surface area contributed by atoms with Crippen molar-refractivity contribution in [3.05, 3.63) is 82.9 Å². The number of fused-ring (bicyclic) bond motifs is 2. The Morgan fingerprint density at radius 3 is 2.76 bits per heavy atom. The van der Waals surface area contributed by atoms with Crippen LogP contribution in [0.1, 0.15) is 48.4 Å². The lowest BCUT2D eigenvalue weighted by Gasteiger charge is -2.18. The summed E-state index contributed by atoms with van der Waals surface area (Å²) in [4.78, 5) is 3.39. The third kappa shape index (κ3) is 5.29. The third-order valence-electron chi connectivity index (χ3n) is 7.67. The number of nitrogens with zero attached hydrogens (tertiary/aromatic N) is 1. The van der Waals surface area contributed by atoms with E-state index in [1.54, 1.807) is 17.8 Å². The molecule has 198 valence electrons. The Morgan fingerprint density at radius 2 is 1.92 bits per heavy atom. The maximum Gasteiger partial charge on any atom is 0.123 e. The first kappa shape index (κ1) is 25.3. The highest BCUT2D eigenvalue weighted by atomic mass is 32.2. The highest BCUT2D eigenvalue weighted by molar-refractivity contribution is 7.99. The van der Waals surface area contributed by atoms with Crippen LogP contribution in [-0.2, 0) is 6.42 Å². The van der Waals surface area contributed by atoms with Gasteiger partial charge in [0.2, 0.25) is 0 Å². The first-order chi connectivity index (χ1) is 18.6. The van der Waals surface area contributed by atoms with Crippen LogP contribution in [0.3, 0.4) is 0 Å². The summed E-state index contributed by atoms with van der Waals surface area (Å²) in [5.41, 5.74) is 7.32. The van der Waals surface area contributed by atoms with Crippen molar-refractivity contribution in [3.63, 3.8) is 0 Å². The van der Waals surface area contributed by atoms with Crippen molar-refractivity contribution in [2.75, 3.05) is 32.1 Å². The average molecular weight is 532 g/mol. The molecule has 3 aliphatic heterocycles. The first-order valence-electron chi connectivity index (χ1n) is 13.6. The fourth-order valence-electron chi connectivity index (χ4n) is 5.89. The van der Waals surface area contributed by atoms with Gasteiger partial charge in [0.15, 0.2) is 0 Å². The van der Waals surface area contributed by atoms with E-state index in [2.05, 4.69) is 54.3 Å². The highest BCUT2D eigenvalue weighted by Gasteiger charge is 2.26. The van der Waals surface area contributed by atoms with Crippen molar-refractivity contribution in [2.45, 2.75) is 49.7 Å². The van der Waals surface area contributed by atoms with Crippen LogP contribution < -0.4 is 9.47 Å². The molecule has 38 heavy (non-hydrogen) atoms. The van der Waals surface area contributed by atoms with Crippen molar-refractivity contribution in [3.8, 4) is 17.2 Å². The number of likely N-dealkylation sites (tertiary alicyclic amines) is 1. The summed E-state index contributed by atoms with van der Waals surface area (Å²) in [5, 5.41) is 10.2. The predicted molar refractivity (Wildman–Crippen MR) is 152 cm³/mol. The van der Waals surface area contributed by atoms with E-state index in [1.807, 2.05) is 12.1 Å². The van der Waals surface area contributed by atoms with E-state index in [0.29, 0.717) is 12.2 Å². The fourth-order valence-corrected chi connectivity index (χ4v) is 6.94. The lowest BCUT2D eigenvalue weighted by atomic mass is 9.87. The molecule has 0 unspecified atom stereocenters. The number of ether oxygens (including phenoxy) is 2. The molecule has 6 heteroatoms. The van der Waals surface area contributed by atoms with Gasteiger partial charge in [0.1, 0.15) is 29.5 Å². The van der Waals surface area contributed by atoms with Crippen LogP contribution >= 0.6 is 11.8 Å². The van der Waals surface area contributed by atoms with Gasteiger partial charge in [-0.15, -0.1) is 11.8 Å². The highest BCUT2D eigenvalue weighted by Crippen LogP contribution is 2.45. The topological polar surface area (TPSA) is 41.9 Å². The van der Waals surface area contributed by atoms with Gasteiger partial charge in [-0.25, -0.2) is 0 Å². The van der Waals surface area contributed by atoms with Crippen LogP contribution in [0.2, 0.25) is 0 Å². The summed E-state index contributed by atoms with van der Waals surface area (Å²) < 4.78 is 24.8. The van der Waals surface area contributed by atoms with E-state index in [1.165, 1.54) is 22.3 Å². The largest absolute Gasteiger partial charge is 0.508 e. The number of aromatic hydroxyl groups is 1. The van der Waals surface area contributed by atoms with Gasteiger partial charge in [-0.3, -0.25) is 9.29 Å². The Labute approximate surface area is 228 Å². The molecule has 1 fully saturated rings. The minimum absolute atomic E-state index is 0.143. The van der Waals surface area contributed by atoms with Crippen molar-refractivity contribution in [1.29, 1.82) is 0 Å². The van der Waals surface area contributed by atoms with Gasteiger partial charge in [-0.2, -0.15) is 0 Å². The lowest BCUT2D eigenvalue weighted by molar-refractivity contribution is 0.198. The molecule has 0 bridgehead atoms. The SMILES string of the molecule is C[C@@H]1Cc2cc(C3=C(c4ccc(O[C@H]5CCN(CCCF)C5)cc4)c4ccc(O)cc4SCC3)ccc2O1. The Kier molecular flexibility index (Phi) is 7.35. The van der Waals surface area contributed by atoms with E-state index in [9.17, 15) is 9.50 Å². The Hall–Kier alpha value is -2.96. The Bertz CT molecular complexity index is 1340. The van der Waals surface area contributed by atoms with Gasteiger partial charge < -0.3 is 14.6 Å². The number of hydrogen-bond donors (Lipinski definition) is 1. The van der Waals surface area contributed by atoms with Crippen LogP contribution in [0.4, 0.5) is 4.39 Å². The molecule has 4 nitrogen and oxygen atoms in total. The summed E-state index contributed by atoms with van der Waals surface area (Å²) in [6.45, 7) is 4.47. The van der Waals surface area contributed by atoms with Crippen LogP contribution in [0, 0.1) is 0 Å². The molecule has 2 atom stereocenters. The molecular weight excluding hydrogens is 497 g/mol. The van der Waals surface area contributed by atoms with Crippen LogP contribution in [0.5, 0.6) is 17.2 Å². The van der Waals surface area contributed by atoms with Crippen LogP contribution in [0.25, 0.3) is 11.1 Å². The molecule has 6 rings (SSSR count). The minimum atomic E-state index is -0.263. The summed E-state index contributed by atoms with van der Waals surface area (Å²) in [6, 6.07) is 20.8. The quantitative estimate of drug-likeness (QED) is 0.356. The van der Waals surface area contributed by atoms with E-state index >= 15 is 0 Å². The second-order valence-corrected chi connectivity index (χ2v) is 11.6. The molecule has 0 radical (unpaired) electrons. The number of allylic oxidation sites excluding steroid dienone is 1.